The summed E-state index contributed by atoms with van der Waals surface area (Å²) in [5.74, 6) is 2.02. The third-order valence-corrected chi connectivity index (χ3v) is 6.70. The molecule has 18 heavy (non-hydrogen) atoms. The lowest BCUT2D eigenvalue weighted by Crippen LogP contribution is -1.99. The van der Waals surface area contributed by atoms with Gasteiger partial charge in [-0.15, -0.1) is 0 Å². The molecule has 2 aliphatic rings. The molecule has 0 aliphatic heterocycles. The molecule has 0 nitrogen and oxygen atoms in total. The summed E-state index contributed by atoms with van der Waals surface area (Å²) >= 11 is 13.0. The fourth-order valence-corrected chi connectivity index (χ4v) is 5.06. The number of alkyl halides is 1. The Labute approximate surface area is 129 Å². The number of hydrogen-bond donors (Lipinski definition) is 0. The average Bonchev–Trinajstić information content (AvgIpc) is 3.07. The van der Waals surface area contributed by atoms with Gasteiger partial charge in [0.05, 0.1) is 5.02 Å². The summed E-state index contributed by atoms with van der Waals surface area (Å²) < 4.78 is 14.7. The largest absolute Gasteiger partial charge is 0.207 e. The van der Waals surface area contributed by atoms with Crippen LogP contribution in [-0.2, 0) is 0 Å². The zero-order valence-electron chi connectivity index (χ0n) is 9.80. The minimum Gasteiger partial charge on any atom is -0.207 e. The van der Waals surface area contributed by atoms with Crippen molar-refractivity contribution in [1.82, 2.24) is 0 Å². The summed E-state index contributed by atoms with van der Waals surface area (Å²) in [6, 6.07) is 3.22. The Bertz CT molecular complexity index is 465. The Morgan fingerprint density at radius 1 is 1.22 bits per heavy atom. The Kier molecular flexibility index (Phi) is 3.77. The Morgan fingerprint density at radius 2 is 1.83 bits per heavy atom. The molecule has 98 valence electrons. The zero-order valence-corrected chi connectivity index (χ0v) is 13.7. The smallest absolute Gasteiger partial charge is 0.128 e. The summed E-state index contributed by atoms with van der Waals surface area (Å²) in [6.07, 6.45) is 5.29. The van der Waals surface area contributed by atoms with Crippen LogP contribution in [0.3, 0.4) is 0 Å². The molecule has 0 spiro atoms. The molecule has 1 aromatic carbocycles. The van der Waals surface area contributed by atoms with Gasteiger partial charge in [0.2, 0.25) is 0 Å². The van der Waals surface area contributed by atoms with Crippen molar-refractivity contribution < 1.29 is 4.39 Å². The van der Waals surface area contributed by atoms with Crippen LogP contribution in [-0.4, -0.2) is 0 Å². The molecule has 0 bridgehead atoms. The zero-order chi connectivity index (χ0) is 12.9. The average molecular weight is 397 g/mol. The fraction of sp³-hybridized carbons (Fsp3) is 0.571. The van der Waals surface area contributed by atoms with Crippen LogP contribution in [0.1, 0.15) is 36.1 Å². The molecule has 0 amide bonds. The first-order valence-corrected chi connectivity index (χ1v) is 8.47. The van der Waals surface area contributed by atoms with Gasteiger partial charge in [0.15, 0.2) is 0 Å². The molecular formula is C14H14Br2ClF. The standard InChI is InChI=1S/C14H14Br2ClF/c15-10-6-12(18)9(5-11(10)17)14(16)13-7-3-1-2-4-8(7)13/h5-8,13-14H,1-4H2. The SMILES string of the molecule is Fc1cc(Br)c(Cl)cc1C(Br)C1C2CCCCC21. The van der Waals surface area contributed by atoms with Gasteiger partial charge >= 0.3 is 0 Å². The quantitative estimate of drug-likeness (QED) is 0.418. The summed E-state index contributed by atoms with van der Waals surface area (Å²) in [5.41, 5.74) is 0.711. The van der Waals surface area contributed by atoms with Crippen LogP contribution in [0.4, 0.5) is 4.39 Å². The van der Waals surface area contributed by atoms with E-state index in [2.05, 4.69) is 31.9 Å². The van der Waals surface area contributed by atoms with Crippen LogP contribution in [0.25, 0.3) is 0 Å². The van der Waals surface area contributed by atoms with Crippen molar-refractivity contribution in [2.75, 3.05) is 0 Å². The van der Waals surface area contributed by atoms with Crippen molar-refractivity contribution in [1.29, 1.82) is 0 Å². The predicted octanol–water partition coefficient (Wildman–Crippen LogP) is 6.11. The van der Waals surface area contributed by atoms with E-state index in [0.29, 0.717) is 21.0 Å². The first kappa shape index (κ1) is 13.4. The van der Waals surface area contributed by atoms with Gasteiger partial charge < -0.3 is 0 Å². The van der Waals surface area contributed by atoms with Crippen molar-refractivity contribution in [2.24, 2.45) is 17.8 Å². The van der Waals surface area contributed by atoms with Crippen LogP contribution in [0, 0.1) is 23.6 Å². The molecule has 3 rings (SSSR count). The number of halogens is 4. The van der Waals surface area contributed by atoms with E-state index < -0.39 is 0 Å². The van der Waals surface area contributed by atoms with E-state index in [-0.39, 0.29) is 10.6 Å². The van der Waals surface area contributed by atoms with Crippen LogP contribution in [0.5, 0.6) is 0 Å². The van der Waals surface area contributed by atoms with Gasteiger partial charge in [0.25, 0.3) is 0 Å². The van der Waals surface area contributed by atoms with E-state index in [4.69, 9.17) is 11.6 Å². The Hall–Kier alpha value is 0.400. The molecule has 4 heteroatoms. The van der Waals surface area contributed by atoms with Gasteiger partial charge in [-0.25, -0.2) is 4.39 Å². The normalized spacial score (nSPS) is 31.9. The van der Waals surface area contributed by atoms with Gasteiger partial charge in [0.1, 0.15) is 5.82 Å². The molecule has 0 saturated heterocycles. The molecule has 1 aromatic rings. The molecule has 0 heterocycles. The van der Waals surface area contributed by atoms with Gasteiger partial charge in [-0.05, 0) is 58.7 Å². The lowest BCUT2D eigenvalue weighted by Gasteiger charge is -2.12. The van der Waals surface area contributed by atoms with Crippen LogP contribution < -0.4 is 0 Å². The second kappa shape index (κ2) is 5.06. The van der Waals surface area contributed by atoms with Gasteiger partial charge in [-0.3, -0.25) is 0 Å². The second-order valence-electron chi connectivity index (χ2n) is 5.38. The van der Waals surface area contributed by atoms with Crippen molar-refractivity contribution in [3.8, 4) is 0 Å². The molecular weight excluding hydrogens is 382 g/mol. The molecule has 0 N–H and O–H groups in total. The van der Waals surface area contributed by atoms with Crippen LogP contribution in [0.2, 0.25) is 5.02 Å². The van der Waals surface area contributed by atoms with Gasteiger partial charge in [0, 0.05) is 14.9 Å². The van der Waals surface area contributed by atoms with Crippen molar-refractivity contribution in [2.45, 2.75) is 30.5 Å². The summed E-state index contributed by atoms with van der Waals surface area (Å²) in [4.78, 5) is 0.108. The van der Waals surface area contributed by atoms with E-state index in [9.17, 15) is 4.39 Å². The lowest BCUT2D eigenvalue weighted by atomic mass is 10.0. The maximum absolute atomic E-state index is 14.0. The van der Waals surface area contributed by atoms with Gasteiger partial charge in [-0.2, -0.15) is 0 Å². The second-order valence-corrected chi connectivity index (χ2v) is 7.63. The maximum atomic E-state index is 14.0. The number of hydrogen-bond acceptors (Lipinski definition) is 0. The number of fused-ring (bicyclic) bond motifs is 1. The third kappa shape index (κ3) is 2.27. The van der Waals surface area contributed by atoms with E-state index in [0.717, 1.165) is 11.8 Å². The monoisotopic (exact) mass is 394 g/mol. The first-order valence-electron chi connectivity index (χ1n) is 6.38. The minimum absolute atomic E-state index is 0.108. The van der Waals surface area contributed by atoms with Crippen molar-refractivity contribution in [3.63, 3.8) is 0 Å². The molecule has 2 saturated carbocycles. The van der Waals surface area contributed by atoms with Gasteiger partial charge in [-0.1, -0.05) is 40.4 Å². The summed E-state index contributed by atoms with van der Waals surface area (Å²) in [7, 11) is 0. The Morgan fingerprint density at radius 3 is 2.44 bits per heavy atom. The highest BCUT2D eigenvalue weighted by Crippen LogP contribution is 2.63. The van der Waals surface area contributed by atoms with E-state index in [1.807, 2.05) is 0 Å². The molecule has 0 aromatic heterocycles. The highest BCUT2D eigenvalue weighted by Gasteiger charge is 2.54. The van der Waals surface area contributed by atoms with E-state index >= 15 is 0 Å². The highest BCUT2D eigenvalue weighted by atomic mass is 79.9. The summed E-state index contributed by atoms with van der Waals surface area (Å²) in [5, 5.41) is 0.583. The molecule has 2 fully saturated rings. The molecule has 0 radical (unpaired) electrons. The molecule has 3 atom stereocenters. The third-order valence-electron chi connectivity index (χ3n) is 4.40. The predicted molar refractivity (Wildman–Crippen MR) is 79.7 cm³/mol. The first-order chi connectivity index (χ1) is 8.59. The van der Waals surface area contributed by atoms with E-state index in [1.165, 1.54) is 31.7 Å². The van der Waals surface area contributed by atoms with Crippen molar-refractivity contribution >= 4 is 43.5 Å². The molecule has 3 unspecified atom stereocenters. The molecule has 2 aliphatic carbocycles. The van der Waals surface area contributed by atoms with Crippen molar-refractivity contribution in [3.05, 3.63) is 33.0 Å². The minimum atomic E-state index is -0.170. The number of benzene rings is 1. The summed E-state index contributed by atoms with van der Waals surface area (Å²) in [6.45, 7) is 0. The highest BCUT2D eigenvalue weighted by molar-refractivity contribution is 9.10. The number of rotatable bonds is 2. The lowest BCUT2D eigenvalue weighted by molar-refractivity contribution is 0.480. The fourth-order valence-electron chi connectivity index (χ4n) is 3.44. The Balaban J connectivity index is 1.85. The van der Waals surface area contributed by atoms with E-state index in [1.54, 1.807) is 6.07 Å². The topological polar surface area (TPSA) is 0 Å². The van der Waals surface area contributed by atoms with Crippen LogP contribution >= 0.6 is 43.5 Å². The maximum Gasteiger partial charge on any atom is 0.128 e. The van der Waals surface area contributed by atoms with Crippen LogP contribution in [0.15, 0.2) is 16.6 Å².